The minimum atomic E-state index is -0.00561. The Labute approximate surface area is 109 Å². The molecule has 1 aliphatic heterocycles. The first-order valence-corrected chi connectivity index (χ1v) is 6.75. The maximum Gasteiger partial charge on any atom is 0.289 e. The zero-order valence-electron chi connectivity index (χ0n) is 11.3. The van der Waals surface area contributed by atoms with Crippen molar-refractivity contribution < 1.29 is 9.21 Å². The Morgan fingerprint density at radius 3 is 2.78 bits per heavy atom. The van der Waals surface area contributed by atoms with E-state index in [9.17, 15) is 4.79 Å². The average Bonchev–Trinajstić information content (AvgIpc) is 2.92. The van der Waals surface area contributed by atoms with Crippen LogP contribution in [0.5, 0.6) is 0 Å². The molecule has 100 valence electrons. The molecule has 4 heteroatoms. The normalized spacial score (nSPS) is 17.9. The van der Waals surface area contributed by atoms with E-state index in [4.69, 9.17) is 4.42 Å². The lowest BCUT2D eigenvalue weighted by atomic mass is 10.0. The Morgan fingerprint density at radius 2 is 2.22 bits per heavy atom. The summed E-state index contributed by atoms with van der Waals surface area (Å²) >= 11 is 0. The molecule has 1 aromatic rings. The standard InChI is InChI=1S/C14H22N2O2/c1-3-8-16-9-6-12(7-10-16)15(2)14(17)13-5-4-11-18-13/h4-5,11-12H,3,6-10H2,1-2H3. The quantitative estimate of drug-likeness (QED) is 0.822. The molecule has 2 rings (SSSR count). The Bertz CT molecular complexity index is 367. The van der Waals surface area contributed by atoms with Crippen LogP contribution in [0.2, 0.25) is 0 Å². The lowest BCUT2D eigenvalue weighted by Crippen LogP contribution is -2.45. The zero-order chi connectivity index (χ0) is 13.0. The first kappa shape index (κ1) is 13.1. The maximum atomic E-state index is 12.1. The molecule has 0 bridgehead atoms. The Kier molecular flexibility index (Phi) is 4.42. The van der Waals surface area contributed by atoms with Gasteiger partial charge in [-0.05, 0) is 37.9 Å². The molecule has 0 unspecified atom stereocenters. The minimum Gasteiger partial charge on any atom is -0.459 e. The topological polar surface area (TPSA) is 36.7 Å². The zero-order valence-corrected chi connectivity index (χ0v) is 11.3. The van der Waals surface area contributed by atoms with Gasteiger partial charge in [-0.15, -0.1) is 0 Å². The van der Waals surface area contributed by atoms with Crippen LogP contribution in [-0.4, -0.2) is 48.4 Å². The molecule has 1 aliphatic rings. The van der Waals surface area contributed by atoms with Gasteiger partial charge in [-0.25, -0.2) is 0 Å². The Morgan fingerprint density at radius 1 is 1.50 bits per heavy atom. The molecule has 0 aliphatic carbocycles. The number of furan rings is 1. The number of piperidine rings is 1. The largest absolute Gasteiger partial charge is 0.459 e. The predicted octanol–water partition coefficient (Wildman–Crippen LogP) is 2.23. The molecule has 0 atom stereocenters. The molecule has 0 aromatic carbocycles. The smallest absolute Gasteiger partial charge is 0.289 e. The van der Waals surface area contributed by atoms with E-state index in [1.165, 1.54) is 13.0 Å². The van der Waals surface area contributed by atoms with Crippen LogP contribution < -0.4 is 0 Å². The minimum absolute atomic E-state index is 0.00561. The summed E-state index contributed by atoms with van der Waals surface area (Å²) in [5, 5.41) is 0. The van der Waals surface area contributed by atoms with Crippen molar-refractivity contribution >= 4 is 5.91 Å². The van der Waals surface area contributed by atoms with E-state index in [0.29, 0.717) is 11.8 Å². The third-order valence-electron chi connectivity index (χ3n) is 3.70. The van der Waals surface area contributed by atoms with E-state index in [1.54, 1.807) is 18.4 Å². The van der Waals surface area contributed by atoms with Gasteiger partial charge in [-0.3, -0.25) is 4.79 Å². The second-order valence-electron chi connectivity index (χ2n) is 4.97. The van der Waals surface area contributed by atoms with E-state index < -0.39 is 0 Å². The number of hydrogen-bond donors (Lipinski definition) is 0. The average molecular weight is 250 g/mol. The van der Waals surface area contributed by atoms with Gasteiger partial charge >= 0.3 is 0 Å². The summed E-state index contributed by atoms with van der Waals surface area (Å²) in [5.41, 5.74) is 0. The number of rotatable bonds is 4. The lowest BCUT2D eigenvalue weighted by molar-refractivity contribution is 0.0612. The molecule has 1 saturated heterocycles. The molecule has 1 aromatic heterocycles. The second-order valence-corrected chi connectivity index (χ2v) is 4.97. The number of hydrogen-bond acceptors (Lipinski definition) is 3. The van der Waals surface area contributed by atoms with Crippen molar-refractivity contribution in [3.8, 4) is 0 Å². The summed E-state index contributed by atoms with van der Waals surface area (Å²) in [6.45, 7) is 5.56. The van der Waals surface area contributed by atoms with E-state index in [1.807, 2.05) is 11.9 Å². The highest BCUT2D eigenvalue weighted by Crippen LogP contribution is 2.17. The van der Waals surface area contributed by atoms with Crippen molar-refractivity contribution in [3.05, 3.63) is 24.2 Å². The summed E-state index contributed by atoms with van der Waals surface area (Å²) in [5.74, 6) is 0.433. The van der Waals surface area contributed by atoms with Crippen LogP contribution >= 0.6 is 0 Å². The Hall–Kier alpha value is -1.29. The highest BCUT2D eigenvalue weighted by Gasteiger charge is 2.26. The summed E-state index contributed by atoms with van der Waals surface area (Å²) in [4.78, 5) is 16.4. The fraction of sp³-hybridized carbons (Fsp3) is 0.643. The molecule has 0 spiro atoms. The number of nitrogens with zero attached hydrogens (tertiary/aromatic N) is 2. The van der Waals surface area contributed by atoms with Gasteiger partial charge in [-0.2, -0.15) is 0 Å². The monoisotopic (exact) mass is 250 g/mol. The predicted molar refractivity (Wildman–Crippen MR) is 70.6 cm³/mol. The van der Waals surface area contributed by atoms with E-state index >= 15 is 0 Å². The third kappa shape index (κ3) is 2.93. The molecular formula is C14H22N2O2. The van der Waals surface area contributed by atoms with Crippen molar-refractivity contribution in [2.24, 2.45) is 0 Å². The van der Waals surface area contributed by atoms with Crippen molar-refractivity contribution in [2.75, 3.05) is 26.7 Å². The molecule has 1 amide bonds. The van der Waals surface area contributed by atoms with Gasteiger partial charge in [0.2, 0.25) is 0 Å². The van der Waals surface area contributed by atoms with Crippen LogP contribution in [0.4, 0.5) is 0 Å². The van der Waals surface area contributed by atoms with Crippen LogP contribution in [0, 0.1) is 0 Å². The maximum absolute atomic E-state index is 12.1. The van der Waals surface area contributed by atoms with Gasteiger partial charge in [0.25, 0.3) is 5.91 Å². The first-order valence-electron chi connectivity index (χ1n) is 6.75. The van der Waals surface area contributed by atoms with Crippen molar-refractivity contribution in [1.29, 1.82) is 0 Å². The van der Waals surface area contributed by atoms with E-state index in [2.05, 4.69) is 11.8 Å². The van der Waals surface area contributed by atoms with Crippen molar-refractivity contribution in [2.45, 2.75) is 32.2 Å². The fourth-order valence-electron chi connectivity index (χ4n) is 2.59. The van der Waals surface area contributed by atoms with Crippen molar-refractivity contribution in [1.82, 2.24) is 9.80 Å². The third-order valence-corrected chi connectivity index (χ3v) is 3.70. The number of carbonyl (C=O) groups is 1. The molecule has 18 heavy (non-hydrogen) atoms. The molecule has 2 heterocycles. The number of carbonyl (C=O) groups excluding carboxylic acids is 1. The summed E-state index contributed by atoms with van der Waals surface area (Å²) in [7, 11) is 1.88. The van der Waals surface area contributed by atoms with Gasteiger partial charge in [-0.1, -0.05) is 6.92 Å². The van der Waals surface area contributed by atoms with Gasteiger partial charge in [0, 0.05) is 26.2 Å². The molecular weight excluding hydrogens is 228 g/mol. The highest BCUT2D eigenvalue weighted by atomic mass is 16.3. The molecule has 1 fully saturated rings. The van der Waals surface area contributed by atoms with Crippen LogP contribution in [0.15, 0.2) is 22.8 Å². The molecule has 0 N–H and O–H groups in total. The van der Waals surface area contributed by atoms with Crippen LogP contribution in [0.25, 0.3) is 0 Å². The second kappa shape index (κ2) is 6.05. The van der Waals surface area contributed by atoms with Gasteiger partial charge in [0.05, 0.1) is 6.26 Å². The van der Waals surface area contributed by atoms with Crippen LogP contribution in [0.1, 0.15) is 36.7 Å². The summed E-state index contributed by atoms with van der Waals surface area (Å²) in [6.07, 6.45) is 4.86. The van der Waals surface area contributed by atoms with Gasteiger partial charge < -0.3 is 14.2 Å². The van der Waals surface area contributed by atoms with E-state index in [0.717, 1.165) is 25.9 Å². The highest BCUT2D eigenvalue weighted by molar-refractivity contribution is 5.91. The molecule has 0 saturated carbocycles. The van der Waals surface area contributed by atoms with E-state index in [-0.39, 0.29) is 5.91 Å². The summed E-state index contributed by atoms with van der Waals surface area (Å²) in [6, 6.07) is 3.83. The molecule has 0 radical (unpaired) electrons. The fourth-order valence-corrected chi connectivity index (χ4v) is 2.59. The van der Waals surface area contributed by atoms with Crippen LogP contribution in [0.3, 0.4) is 0 Å². The van der Waals surface area contributed by atoms with Crippen LogP contribution in [-0.2, 0) is 0 Å². The van der Waals surface area contributed by atoms with Gasteiger partial charge in [0.1, 0.15) is 0 Å². The summed E-state index contributed by atoms with van der Waals surface area (Å²) < 4.78 is 5.17. The van der Waals surface area contributed by atoms with Gasteiger partial charge in [0.15, 0.2) is 5.76 Å². The number of likely N-dealkylation sites (tertiary alicyclic amines) is 1. The van der Waals surface area contributed by atoms with Crippen molar-refractivity contribution in [3.63, 3.8) is 0 Å². The number of amides is 1. The molecule has 4 nitrogen and oxygen atoms in total. The SMILES string of the molecule is CCCN1CCC(N(C)C(=O)c2ccco2)CC1. The Balaban J connectivity index is 1.87. The lowest BCUT2D eigenvalue weighted by Gasteiger charge is -2.36. The first-order chi connectivity index (χ1) is 8.72.